The summed E-state index contributed by atoms with van der Waals surface area (Å²) in [5.74, 6) is -0.681. The number of rotatable bonds is 3. The van der Waals surface area contributed by atoms with Crippen LogP contribution in [0.5, 0.6) is 0 Å². The summed E-state index contributed by atoms with van der Waals surface area (Å²) in [6.45, 7) is 1.78. The van der Waals surface area contributed by atoms with Gasteiger partial charge >= 0.3 is 0 Å². The van der Waals surface area contributed by atoms with E-state index in [1.54, 1.807) is 25.1 Å². The van der Waals surface area contributed by atoms with Gasteiger partial charge in [0.25, 0.3) is 10.0 Å². The molecule has 0 radical (unpaired) electrons. The first kappa shape index (κ1) is 16.3. The normalized spacial score (nSPS) is 11.4. The highest BCUT2D eigenvalue weighted by molar-refractivity contribution is 9.10. The monoisotopic (exact) mass is 436 g/mol. The molecule has 0 aliphatic rings. The van der Waals surface area contributed by atoms with E-state index in [4.69, 9.17) is 5.73 Å². The number of benzene rings is 2. The zero-order chi connectivity index (χ0) is 15.8. The second kappa shape index (κ2) is 5.94. The van der Waals surface area contributed by atoms with Gasteiger partial charge in [0, 0.05) is 8.95 Å². The van der Waals surface area contributed by atoms with Crippen molar-refractivity contribution in [2.45, 2.75) is 11.8 Å². The number of aryl methyl sites for hydroxylation is 1. The molecule has 0 unspecified atom stereocenters. The summed E-state index contributed by atoms with van der Waals surface area (Å²) in [5.41, 5.74) is 6.39. The smallest absolute Gasteiger partial charge is 0.263 e. The molecule has 0 amide bonds. The molecule has 0 saturated heterocycles. The molecule has 2 rings (SSSR count). The van der Waals surface area contributed by atoms with E-state index >= 15 is 0 Å². The summed E-state index contributed by atoms with van der Waals surface area (Å²) in [4.78, 5) is -0.124. The quantitative estimate of drug-likeness (QED) is 0.711. The molecule has 2 aromatic carbocycles. The van der Waals surface area contributed by atoms with E-state index in [-0.39, 0.29) is 15.1 Å². The Morgan fingerprint density at radius 2 is 1.86 bits per heavy atom. The molecular weight excluding hydrogens is 427 g/mol. The van der Waals surface area contributed by atoms with Crippen molar-refractivity contribution in [2.24, 2.45) is 0 Å². The van der Waals surface area contributed by atoms with Gasteiger partial charge in [0.05, 0.1) is 11.4 Å². The fourth-order valence-electron chi connectivity index (χ4n) is 1.65. The summed E-state index contributed by atoms with van der Waals surface area (Å²) in [7, 11) is -3.89. The van der Waals surface area contributed by atoms with Crippen LogP contribution < -0.4 is 10.5 Å². The summed E-state index contributed by atoms with van der Waals surface area (Å²) < 4.78 is 41.5. The molecule has 0 aliphatic heterocycles. The first-order chi connectivity index (χ1) is 9.70. The molecule has 0 atom stereocenters. The van der Waals surface area contributed by atoms with Crippen LogP contribution in [0.1, 0.15) is 5.56 Å². The lowest BCUT2D eigenvalue weighted by Gasteiger charge is -2.13. The molecule has 3 N–H and O–H groups in total. The third-order valence-corrected chi connectivity index (χ3v) is 5.60. The van der Waals surface area contributed by atoms with Crippen molar-refractivity contribution in [1.82, 2.24) is 0 Å². The highest BCUT2D eigenvalue weighted by Crippen LogP contribution is 2.29. The molecule has 0 aromatic heterocycles. The van der Waals surface area contributed by atoms with Gasteiger partial charge in [-0.1, -0.05) is 22.0 Å². The molecule has 0 heterocycles. The van der Waals surface area contributed by atoms with Crippen molar-refractivity contribution >= 4 is 53.3 Å². The van der Waals surface area contributed by atoms with E-state index in [0.29, 0.717) is 5.69 Å². The fraction of sp³-hybridized carbons (Fsp3) is 0.0769. The molecule has 8 heteroatoms. The van der Waals surface area contributed by atoms with Gasteiger partial charge in [-0.2, -0.15) is 0 Å². The molecule has 0 bridgehead atoms. The Bertz CT molecular complexity index is 810. The Balaban J connectivity index is 2.48. The highest BCUT2D eigenvalue weighted by atomic mass is 79.9. The number of sulfonamides is 1. The van der Waals surface area contributed by atoms with E-state index in [9.17, 15) is 12.8 Å². The summed E-state index contributed by atoms with van der Waals surface area (Å²) in [5, 5.41) is 0. The van der Waals surface area contributed by atoms with Gasteiger partial charge in [-0.3, -0.25) is 4.72 Å². The molecule has 21 heavy (non-hydrogen) atoms. The topological polar surface area (TPSA) is 72.2 Å². The number of halogens is 3. The second-order valence-corrected chi connectivity index (χ2v) is 7.79. The molecule has 0 fully saturated rings. The van der Waals surface area contributed by atoms with Gasteiger partial charge in [-0.05, 0) is 52.7 Å². The van der Waals surface area contributed by atoms with Crippen LogP contribution in [-0.2, 0) is 10.0 Å². The zero-order valence-electron chi connectivity index (χ0n) is 10.8. The summed E-state index contributed by atoms with van der Waals surface area (Å²) >= 11 is 6.32. The molecule has 0 aliphatic carbocycles. The number of nitrogens with two attached hydrogens (primary N) is 1. The van der Waals surface area contributed by atoms with Crippen LogP contribution in [0.4, 0.5) is 15.8 Å². The molecule has 0 spiro atoms. The van der Waals surface area contributed by atoms with E-state index in [0.717, 1.165) is 22.2 Å². The van der Waals surface area contributed by atoms with Crippen LogP contribution in [0.2, 0.25) is 0 Å². The average Bonchev–Trinajstić information content (AvgIpc) is 2.37. The minimum absolute atomic E-state index is 0.106. The number of nitrogens with one attached hydrogen (secondary N) is 1. The maximum atomic E-state index is 13.3. The van der Waals surface area contributed by atoms with Gasteiger partial charge in [-0.25, -0.2) is 12.8 Å². The van der Waals surface area contributed by atoms with E-state index in [1.165, 1.54) is 0 Å². The SMILES string of the molecule is Cc1ccc(Br)cc1NS(=O)(=O)c1cc(N)c(F)cc1Br. The van der Waals surface area contributed by atoms with Crippen LogP contribution in [0.15, 0.2) is 44.2 Å². The van der Waals surface area contributed by atoms with Crippen LogP contribution in [0.3, 0.4) is 0 Å². The lowest BCUT2D eigenvalue weighted by molar-refractivity contribution is 0.599. The Kier molecular flexibility index (Phi) is 4.60. The van der Waals surface area contributed by atoms with Crippen LogP contribution in [0, 0.1) is 12.7 Å². The van der Waals surface area contributed by atoms with Crippen LogP contribution >= 0.6 is 31.9 Å². The standard InChI is InChI=1S/C13H11Br2FN2O2S/c1-7-2-3-8(14)4-12(7)18-21(19,20)13-6-11(17)10(16)5-9(13)15/h2-6,18H,17H2,1H3. The third kappa shape index (κ3) is 3.56. The maximum Gasteiger partial charge on any atom is 0.263 e. The van der Waals surface area contributed by atoms with Crippen molar-refractivity contribution < 1.29 is 12.8 Å². The van der Waals surface area contributed by atoms with Gasteiger partial charge in [0.2, 0.25) is 0 Å². The lowest BCUT2D eigenvalue weighted by atomic mass is 10.2. The summed E-state index contributed by atoms with van der Waals surface area (Å²) in [6.07, 6.45) is 0. The number of anilines is 2. The van der Waals surface area contributed by atoms with Gasteiger partial charge in [0.1, 0.15) is 10.7 Å². The van der Waals surface area contributed by atoms with Crippen LogP contribution in [-0.4, -0.2) is 8.42 Å². The highest BCUT2D eigenvalue weighted by Gasteiger charge is 2.20. The Labute approximate surface area is 138 Å². The summed E-state index contributed by atoms with van der Waals surface area (Å²) in [6, 6.07) is 7.33. The molecule has 4 nitrogen and oxygen atoms in total. The Morgan fingerprint density at radius 1 is 1.19 bits per heavy atom. The number of hydrogen-bond acceptors (Lipinski definition) is 3. The molecule has 112 valence electrons. The van der Waals surface area contributed by atoms with E-state index in [1.807, 2.05) is 0 Å². The lowest BCUT2D eigenvalue weighted by Crippen LogP contribution is -2.15. The maximum absolute atomic E-state index is 13.3. The number of hydrogen-bond donors (Lipinski definition) is 2. The van der Waals surface area contributed by atoms with Gasteiger partial charge in [-0.15, -0.1) is 0 Å². The first-order valence-electron chi connectivity index (χ1n) is 5.74. The largest absolute Gasteiger partial charge is 0.396 e. The van der Waals surface area contributed by atoms with Crippen molar-refractivity contribution in [3.8, 4) is 0 Å². The van der Waals surface area contributed by atoms with Crippen molar-refractivity contribution in [3.05, 3.63) is 50.7 Å². The minimum atomic E-state index is -3.89. The van der Waals surface area contributed by atoms with Crippen LogP contribution in [0.25, 0.3) is 0 Å². The van der Waals surface area contributed by atoms with E-state index < -0.39 is 15.8 Å². The van der Waals surface area contributed by atoms with Gasteiger partial charge < -0.3 is 5.73 Å². The predicted octanol–water partition coefficient (Wildman–Crippen LogP) is 4.04. The minimum Gasteiger partial charge on any atom is -0.396 e. The fourth-order valence-corrected chi connectivity index (χ4v) is 4.19. The first-order valence-corrected chi connectivity index (χ1v) is 8.81. The number of nitrogen functional groups attached to an aromatic ring is 1. The van der Waals surface area contributed by atoms with Crippen molar-refractivity contribution in [1.29, 1.82) is 0 Å². The molecule has 2 aromatic rings. The van der Waals surface area contributed by atoms with Crippen molar-refractivity contribution in [2.75, 3.05) is 10.5 Å². The predicted molar refractivity (Wildman–Crippen MR) is 88.2 cm³/mol. The third-order valence-electron chi connectivity index (χ3n) is 2.78. The average molecular weight is 438 g/mol. The molecular formula is C13H11Br2FN2O2S. The molecule has 0 saturated carbocycles. The van der Waals surface area contributed by atoms with Gasteiger partial charge in [0.15, 0.2) is 0 Å². The Hall–Kier alpha value is -1.12. The van der Waals surface area contributed by atoms with E-state index in [2.05, 4.69) is 36.6 Å². The zero-order valence-corrected chi connectivity index (χ0v) is 14.8. The Morgan fingerprint density at radius 3 is 2.52 bits per heavy atom. The van der Waals surface area contributed by atoms with Crippen molar-refractivity contribution in [3.63, 3.8) is 0 Å². The second-order valence-electron chi connectivity index (χ2n) is 4.37.